The van der Waals surface area contributed by atoms with Crippen LogP contribution in [0.1, 0.15) is 24.0 Å². The molecule has 2 aromatic carbocycles. The fourth-order valence-corrected chi connectivity index (χ4v) is 3.22. The van der Waals surface area contributed by atoms with E-state index in [1.165, 1.54) is 0 Å². The van der Waals surface area contributed by atoms with Gasteiger partial charge in [0.15, 0.2) is 0 Å². The van der Waals surface area contributed by atoms with E-state index in [2.05, 4.69) is 17.5 Å². The molecule has 25 heavy (non-hydrogen) atoms. The summed E-state index contributed by atoms with van der Waals surface area (Å²) in [5.74, 6) is -0.198. The molecule has 0 aromatic heterocycles. The average molecular weight is 330 g/mol. The SMILES string of the molecule is N#Cc1cccc(C#N)c1N1CCCC(C(=O)Nc2ccccc2)C1. The predicted octanol–water partition coefficient (Wildman–Crippen LogP) is 3.29. The number of carbonyl (C=O) groups is 1. The number of rotatable bonds is 3. The van der Waals surface area contributed by atoms with Gasteiger partial charge in [-0.2, -0.15) is 10.5 Å². The molecule has 1 aliphatic rings. The van der Waals surface area contributed by atoms with E-state index in [0.717, 1.165) is 25.1 Å². The Kier molecular flexibility index (Phi) is 4.97. The summed E-state index contributed by atoms with van der Waals surface area (Å²) in [5, 5.41) is 21.7. The molecule has 1 heterocycles. The molecule has 0 spiro atoms. The molecular formula is C20H18N4O. The number of nitrogens with one attached hydrogen (secondary N) is 1. The second-order valence-corrected chi connectivity index (χ2v) is 6.07. The Morgan fingerprint density at radius 1 is 1.04 bits per heavy atom. The van der Waals surface area contributed by atoms with Crippen LogP contribution in [0.5, 0.6) is 0 Å². The molecule has 3 rings (SSSR count). The number of nitriles is 2. The van der Waals surface area contributed by atoms with Crippen molar-refractivity contribution in [1.29, 1.82) is 10.5 Å². The number of hydrogen-bond donors (Lipinski definition) is 1. The summed E-state index contributed by atoms with van der Waals surface area (Å²) in [6.07, 6.45) is 1.64. The summed E-state index contributed by atoms with van der Waals surface area (Å²) < 4.78 is 0. The summed E-state index contributed by atoms with van der Waals surface area (Å²) in [7, 11) is 0. The van der Waals surface area contributed by atoms with Crippen LogP contribution in [0.2, 0.25) is 0 Å². The van der Waals surface area contributed by atoms with Crippen LogP contribution in [-0.4, -0.2) is 19.0 Å². The van der Waals surface area contributed by atoms with Crippen molar-refractivity contribution in [3.8, 4) is 12.1 Å². The van der Waals surface area contributed by atoms with E-state index in [-0.39, 0.29) is 11.8 Å². The number of carbonyl (C=O) groups excluding carboxylic acids is 1. The Balaban J connectivity index is 1.79. The van der Waals surface area contributed by atoms with Crippen LogP contribution < -0.4 is 10.2 Å². The van der Waals surface area contributed by atoms with Gasteiger partial charge < -0.3 is 10.2 Å². The summed E-state index contributed by atoms with van der Waals surface area (Å²) in [6, 6.07) is 18.8. The second-order valence-electron chi connectivity index (χ2n) is 6.07. The number of hydrogen-bond acceptors (Lipinski definition) is 4. The molecule has 5 heteroatoms. The third kappa shape index (κ3) is 3.62. The predicted molar refractivity (Wildman–Crippen MR) is 95.9 cm³/mol. The zero-order valence-electron chi connectivity index (χ0n) is 13.8. The zero-order valence-corrected chi connectivity index (χ0v) is 13.8. The Bertz CT molecular complexity index is 816. The first-order valence-electron chi connectivity index (χ1n) is 8.27. The van der Waals surface area contributed by atoms with Gasteiger partial charge in [-0.15, -0.1) is 0 Å². The first kappa shape index (κ1) is 16.5. The molecule has 124 valence electrons. The van der Waals surface area contributed by atoms with E-state index in [1.54, 1.807) is 18.2 Å². The van der Waals surface area contributed by atoms with Crippen LogP contribution in [0, 0.1) is 28.6 Å². The van der Waals surface area contributed by atoms with Crippen molar-refractivity contribution in [1.82, 2.24) is 0 Å². The highest BCUT2D eigenvalue weighted by atomic mass is 16.1. The average Bonchev–Trinajstić information content (AvgIpc) is 2.68. The zero-order chi connectivity index (χ0) is 17.6. The molecule has 0 saturated carbocycles. The summed E-state index contributed by atoms with van der Waals surface area (Å²) in [4.78, 5) is 14.6. The number of piperidine rings is 1. The van der Waals surface area contributed by atoms with Gasteiger partial charge in [-0.3, -0.25) is 4.79 Å². The maximum atomic E-state index is 12.6. The van der Waals surface area contributed by atoms with Gasteiger partial charge >= 0.3 is 0 Å². The Morgan fingerprint density at radius 3 is 2.36 bits per heavy atom. The minimum Gasteiger partial charge on any atom is -0.369 e. The van der Waals surface area contributed by atoms with Crippen molar-refractivity contribution in [2.24, 2.45) is 5.92 Å². The first-order chi connectivity index (χ1) is 12.2. The Labute approximate surface area is 147 Å². The molecule has 1 amide bonds. The van der Waals surface area contributed by atoms with Gasteiger partial charge in [0.1, 0.15) is 12.1 Å². The van der Waals surface area contributed by atoms with Crippen molar-refractivity contribution in [3.05, 3.63) is 59.7 Å². The summed E-state index contributed by atoms with van der Waals surface area (Å²) in [6.45, 7) is 1.24. The topological polar surface area (TPSA) is 79.9 Å². The van der Waals surface area contributed by atoms with Crippen LogP contribution in [0.25, 0.3) is 0 Å². The highest BCUT2D eigenvalue weighted by Crippen LogP contribution is 2.30. The molecule has 0 radical (unpaired) electrons. The van der Waals surface area contributed by atoms with E-state index in [4.69, 9.17) is 0 Å². The molecule has 0 bridgehead atoms. The van der Waals surface area contributed by atoms with Crippen molar-refractivity contribution >= 4 is 17.3 Å². The smallest absolute Gasteiger partial charge is 0.229 e. The van der Waals surface area contributed by atoms with Crippen LogP contribution >= 0.6 is 0 Å². The molecule has 1 fully saturated rings. The van der Waals surface area contributed by atoms with Crippen LogP contribution in [0.15, 0.2) is 48.5 Å². The minimum absolute atomic E-state index is 0.0242. The van der Waals surface area contributed by atoms with Gasteiger partial charge in [-0.05, 0) is 37.1 Å². The molecule has 0 aliphatic carbocycles. The lowest BCUT2D eigenvalue weighted by Gasteiger charge is -2.34. The minimum atomic E-state index is -0.174. The van der Waals surface area contributed by atoms with E-state index in [0.29, 0.717) is 23.4 Å². The van der Waals surface area contributed by atoms with E-state index in [9.17, 15) is 15.3 Å². The van der Waals surface area contributed by atoms with Gasteiger partial charge in [-0.25, -0.2) is 0 Å². The third-order valence-corrected chi connectivity index (χ3v) is 4.43. The van der Waals surface area contributed by atoms with Gasteiger partial charge in [0.2, 0.25) is 5.91 Å². The van der Waals surface area contributed by atoms with Crippen LogP contribution in [0.4, 0.5) is 11.4 Å². The van der Waals surface area contributed by atoms with Crippen molar-refractivity contribution < 1.29 is 4.79 Å². The number of benzene rings is 2. The van der Waals surface area contributed by atoms with Crippen LogP contribution in [-0.2, 0) is 4.79 Å². The largest absolute Gasteiger partial charge is 0.369 e. The Hall–Kier alpha value is -3.31. The van der Waals surface area contributed by atoms with Gasteiger partial charge in [-0.1, -0.05) is 24.3 Å². The number of nitrogens with zero attached hydrogens (tertiary/aromatic N) is 3. The molecule has 5 nitrogen and oxygen atoms in total. The number of para-hydroxylation sites is 2. The molecule has 2 aromatic rings. The van der Waals surface area contributed by atoms with Gasteiger partial charge in [0.05, 0.1) is 22.7 Å². The Morgan fingerprint density at radius 2 is 1.72 bits per heavy atom. The third-order valence-electron chi connectivity index (χ3n) is 4.43. The highest BCUT2D eigenvalue weighted by molar-refractivity contribution is 5.93. The lowest BCUT2D eigenvalue weighted by Crippen LogP contribution is -2.41. The monoisotopic (exact) mass is 330 g/mol. The highest BCUT2D eigenvalue weighted by Gasteiger charge is 2.28. The fourth-order valence-electron chi connectivity index (χ4n) is 3.22. The van der Waals surface area contributed by atoms with Gasteiger partial charge in [0.25, 0.3) is 0 Å². The molecule has 1 atom stereocenters. The maximum Gasteiger partial charge on any atom is 0.229 e. The second kappa shape index (κ2) is 7.51. The van der Waals surface area contributed by atoms with E-state index >= 15 is 0 Å². The lowest BCUT2D eigenvalue weighted by atomic mass is 9.95. The summed E-state index contributed by atoms with van der Waals surface area (Å²) >= 11 is 0. The standard InChI is InChI=1S/C20H18N4O/c21-12-15-6-4-7-16(13-22)19(15)24-11-5-8-17(14-24)20(25)23-18-9-2-1-3-10-18/h1-4,6-7,9-10,17H,5,8,11,14H2,(H,23,25). The summed E-state index contributed by atoms with van der Waals surface area (Å²) in [5.41, 5.74) is 2.37. The first-order valence-corrected chi connectivity index (χ1v) is 8.27. The van der Waals surface area contributed by atoms with E-state index < -0.39 is 0 Å². The molecule has 1 unspecified atom stereocenters. The van der Waals surface area contributed by atoms with Crippen molar-refractivity contribution in [2.75, 3.05) is 23.3 Å². The van der Waals surface area contributed by atoms with Gasteiger partial charge in [0, 0.05) is 18.8 Å². The van der Waals surface area contributed by atoms with Crippen LogP contribution in [0.3, 0.4) is 0 Å². The number of amides is 1. The maximum absolute atomic E-state index is 12.6. The molecule has 1 saturated heterocycles. The molecule has 1 N–H and O–H groups in total. The quantitative estimate of drug-likeness (QED) is 0.936. The molecule has 1 aliphatic heterocycles. The lowest BCUT2D eigenvalue weighted by molar-refractivity contribution is -0.120. The number of anilines is 2. The molecular weight excluding hydrogens is 312 g/mol. The van der Waals surface area contributed by atoms with E-state index in [1.807, 2.05) is 35.2 Å². The normalized spacial score (nSPS) is 16.6. The fraction of sp³-hybridized carbons (Fsp3) is 0.250. The van der Waals surface area contributed by atoms with Crippen molar-refractivity contribution in [2.45, 2.75) is 12.8 Å². The van der Waals surface area contributed by atoms with Crippen molar-refractivity contribution in [3.63, 3.8) is 0 Å².